The quantitative estimate of drug-likeness (QED) is 0.937. The summed E-state index contributed by atoms with van der Waals surface area (Å²) in [4.78, 5) is 17.3. The number of amides is 1. The molecule has 3 heterocycles. The highest BCUT2D eigenvalue weighted by atomic mass is 32.1. The number of thiazole rings is 1. The SMILES string of the molecule is Cc1nc2sccn2c1CC1(C(C)C)CCC(=O)N1. The van der Waals surface area contributed by atoms with Crippen LogP contribution in [0.2, 0.25) is 0 Å². The summed E-state index contributed by atoms with van der Waals surface area (Å²) in [6.45, 7) is 6.43. The van der Waals surface area contributed by atoms with E-state index in [2.05, 4.69) is 47.0 Å². The first-order valence-electron chi connectivity index (χ1n) is 6.74. The third kappa shape index (κ3) is 1.96. The van der Waals surface area contributed by atoms with Gasteiger partial charge in [0.1, 0.15) is 0 Å². The second-order valence-electron chi connectivity index (χ2n) is 5.74. The molecule has 4 nitrogen and oxygen atoms in total. The molecule has 1 unspecified atom stereocenters. The van der Waals surface area contributed by atoms with E-state index in [-0.39, 0.29) is 11.4 Å². The number of aryl methyl sites for hydroxylation is 1. The average molecular weight is 277 g/mol. The Labute approximate surface area is 116 Å². The molecule has 1 aliphatic rings. The van der Waals surface area contributed by atoms with Crippen LogP contribution in [-0.2, 0) is 11.2 Å². The molecule has 1 aliphatic heterocycles. The highest BCUT2D eigenvalue weighted by Crippen LogP contribution is 2.33. The van der Waals surface area contributed by atoms with Gasteiger partial charge in [0.25, 0.3) is 0 Å². The minimum absolute atomic E-state index is 0.111. The van der Waals surface area contributed by atoms with Crippen LogP contribution in [0.15, 0.2) is 11.6 Å². The first-order valence-corrected chi connectivity index (χ1v) is 7.62. The molecule has 1 amide bonds. The maximum atomic E-state index is 11.7. The lowest BCUT2D eigenvalue weighted by Crippen LogP contribution is -2.48. The molecule has 2 aromatic rings. The zero-order valence-electron chi connectivity index (χ0n) is 11.6. The third-order valence-electron chi connectivity index (χ3n) is 4.34. The molecule has 1 saturated heterocycles. The number of carbonyl (C=O) groups excluding carboxylic acids is 1. The third-order valence-corrected chi connectivity index (χ3v) is 5.09. The van der Waals surface area contributed by atoms with Gasteiger partial charge in [0.15, 0.2) is 4.96 Å². The summed E-state index contributed by atoms with van der Waals surface area (Å²) in [5.74, 6) is 0.597. The van der Waals surface area contributed by atoms with Crippen molar-refractivity contribution in [1.82, 2.24) is 14.7 Å². The molecular formula is C14H19N3OS. The van der Waals surface area contributed by atoms with Gasteiger partial charge in [-0.05, 0) is 19.3 Å². The fraction of sp³-hybridized carbons (Fsp3) is 0.571. The standard InChI is InChI=1S/C14H19N3OS/c1-9(2)14(5-4-12(18)16-14)8-11-10(3)15-13-17(11)6-7-19-13/h6-7,9H,4-5,8H2,1-3H3,(H,16,18). The van der Waals surface area contributed by atoms with Gasteiger partial charge in [-0.1, -0.05) is 13.8 Å². The maximum absolute atomic E-state index is 11.7. The predicted octanol–water partition coefficient (Wildman–Crippen LogP) is 2.55. The summed E-state index contributed by atoms with van der Waals surface area (Å²) in [6.07, 6.45) is 4.49. The molecule has 0 aliphatic carbocycles. The minimum Gasteiger partial charge on any atom is -0.350 e. The van der Waals surface area contributed by atoms with Crippen molar-refractivity contribution in [3.63, 3.8) is 0 Å². The number of nitrogens with one attached hydrogen (secondary N) is 1. The molecule has 0 bridgehead atoms. The van der Waals surface area contributed by atoms with E-state index in [1.165, 1.54) is 5.69 Å². The monoisotopic (exact) mass is 277 g/mol. The van der Waals surface area contributed by atoms with Crippen molar-refractivity contribution in [3.8, 4) is 0 Å². The maximum Gasteiger partial charge on any atom is 0.220 e. The Kier molecular flexibility index (Phi) is 2.89. The van der Waals surface area contributed by atoms with Gasteiger partial charge >= 0.3 is 0 Å². The first-order chi connectivity index (χ1) is 9.02. The second-order valence-corrected chi connectivity index (χ2v) is 6.61. The lowest BCUT2D eigenvalue weighted by molar-refractivity contribution is -0.120. The van der Waals surface area contributed by atoms with Gasteiger partial charge < -0.3 is 5.32 Å². The molecule has 0 aromatic carbocycles. The van der Waals surface area contributed by atoms with E-state index in [1.807, 2.05) is 0 Å². The molecule has 5 heteroatoms. The van der Waals surface area contributed by atoms with E-state index in [9.17, 15) is 4.79 Å². The molecule has 0 spiro atoms. The number of imidazole rings is 1. The molecule has 3 rings (SSSR count). The summed E-state index contributed by atoms with van der Waals surface area (Å²) < 4.78 is 2.16. The van der Waals surface area contributed by atoms with E-state index in [0.717, 1.165) is 23.5 Å². The Balaban J connectivity index is 2.00. The number of hydrogen-bond acceptors (Lipinski definition) is 3. The van der Waals surface area contributed by atoms with Crippen molar-refractivity contribution in [2.24, 2.45) is 5.92 Å². The van der Waals surface area contributed by atoms with Crippen LogP contribution in [0.25, 0.3) is 4.96 Å². The zero-order chi connectivity index (χ0) is 13.6. The van der Waals surface area contributed by atoms with Gasteiger partial charge in [0.2, 0.25) is 5.91 Å². The van der Waals surface area contributed by atoms with Crippen LogP contribution in [0.1, 0.15) is 38.1 Å². The molecule has 1 fully saturated rings. The van der Waals surface area contributed by atoms with E-state index in [0.29, 0.717) is 12.3 Å². The number of aromatic nitrogens is 2. The average Bonchev–Trinajstić information content (AvgIpc) is 2.99. The zero-order valence-corrected chi connectivity index (χ0v) is 12.4. The predicted molar refractivity (Wildman–Crippen MR) is 76.5 cm³/mol. The summed E-state index contributed by atoms with van der Waals surface area (Å²) in [5.41, 5.74) is 2.19. The smallest absolute Gasteiger partial charge is 0.220 e. The number of carbonyl (C=O) groups is 1. The van der Waals surface area contributed by atoms with Gasteiger partial charge in [-0.3, -0.25) is 9.20 Å². The summed E-state index contributed by atoms with van der Waals surface area (Å²) in [6, 6.07) is 0. The van der Waals surface area contributed by atoms with Gasteiger partial charge in [-0.25, -0.2) is 4.98 Å². The number of hydrogen-bond donors (Lipinski definition) is 1. The van der Waals surface area contributed by atoms with Crippen LogP contribution in [-0.4, -0.2) is 20.8 Å². The van der Waals surface area contributed by atoms with Crippen molar-refractivity contribution < 1.29 is 4.79 Å². The molecule has 1 atom stereocenters. The first kappa shape index (κ1) is 12.7. The fourth-order valence-electron chi connectivity index (χ4n) is 2.96. The van der Waals surface area contributed by atoms with Crippen molar-refractivity contribution in [1.29, 1.82) is 0 Å². The van der Waals surface area contributed by atoms with E-state index < -0.39 is 0 Å². The Morgan fingerprint density at radius 1 is 1.58 bits per heavy atom. The Morgan fingerprint density at radius 2 is 2.37 bits per heavy atom. The molecule has 2 aromatic heterocycles. The minimum atomic E-state index is -0.111. The molecule has 0 radical (unpaired) electrons. The highest BCUT2D eigenvalue weighted by molar-refractivity contribution is 7.15. The summed E-state index contributed by atoms with van der Waals surface area (Å²) >= 11 is 1.65. The van der Waals surface area contributed by atoms with Crippen LogP contribution in [0.4, 0.5) is 0 Å². The second kappa shape index (κ2) is 4.34. The van der Waals surface area contributed by atoms with E-state index in [4.69, 9.17) is 0 Å². The molecule has 102 valence electrons. The number of nitrogens with zero attached hydrogens (tertiary/aromatic N) is 2. The van der Waals surface area contributed by atoms with Gasteiger partial charge in [0.05, 0.1) is 5.69 Å². The Bertz CT molecular complexity index is 628. The number of rotatable bonds is 3. The van der Waals surface area contributed by atoms with Crippen LogP contribution in [0.3, 0.4) is 0 Å². The largest absolute Gasteiger partial charge is 0.350 e. The molecule has 0 saturated carbocycles. The summed E-state index contributed by atoms with van der Waals surface area (Å²) in [7, 11) is 0. The van der Waals surface area contributed by atoms with Crippen LogP contribution in [0, 0.1) is 12.8 Å². The molecule has 1 N–H and O–H groups in total. The lowest BCUT2D eigenvalue weighted by atomic mass is 9.81. The highest BCUT2D eigenvalue weighted by Gasteiger charge is 2.41. The van der Waals surface area contributed by atoms with E-state index >= 15 is 0 Å². The summed E-state index contributed by atoms with van der Waals surface area (Å²) in [5, 5.41) is 5.27. The van der Waals surface area contributed by atoms with Crippen molar-refractivity contribution >= 4 is 22.2 Å². The van der Waals surface area contributed by atoms with Crippen LogP contribution >= 0.6 is 11.3 Å². The Hall–Kier alpha value is -1.36. The van der Waals surface area contributed by atoms with Crippen molar-refractivity contribution in [3.05, 3.63) is 23.0 Å². The van der Waals surface area contributed by atoms with Gasteiger partial charge in [0, 0.05) is 35.7 Å². The normalized spacial score (nSPS) is 23.5. The van der Waals surface area contributed by atoms with Crippen molar-refractivity contribution in [2.45, 2.75) is 45.6 Å². The topological polar surface area (TPSA) is 46.4 Å². The van der Waals surface area contributed by atoms with Crippen LogP contribution in [0.5, 0.6) is 0 Å². The molecular weight excluding hydrogens is 258 g/mol. The van der Waals surface area contributed by atoms with Gasteiger partial charge in [-0.2, -0.15) is 0 Å². The van der Waals surface area contributed by atoms with Gasteiger partial charge in [-0.15, -0.1) is 11.3 Å². The van der Waals surface area contributed by atoms with Crippen LogP contribution < -0.4 is 5.32 Å². The fourth-order valence-corrected chi connectivity index (χ4v) is 3.74. The Morgan fingerprint density at radius 3 is 3.00 bits per heavy atom. The van der Waals surface area contributed by atoms with E-state index in [1.54, 1.807) is 11.3 Å². The lowest BCUT2D eigenvalue weighted by Gasteiger charge is -2.33. The van der Waals surface area contributed by atoms with Crippen molar-refractivity contribution in [2.75, 3.05) is 0 Å². The molecule has 19 heavy (non-hydrogen) atoms. The number of fused-ring (bicyclic) bond motifs is 1.